The maximum atomic E-state index is 12.5. The summed E-state index contributed by atoms with van der Waals surface area (Å²) in [6, 6.07) is 17.2. The molecule has 1 aliphatic carbocycles. The van der Waals surface area contributed by atoms with Crippen LogP contribution in [-0.4, -0.2) is 15.9 Å². The van der Waals surface area contributed by atoms with Crippen LogP contribution in [-0.2, 0) is 15.1 Å². The van der Waals surface area contributed by atoms with E-state index >= 15 is 0 Å². The first-order chi connectivity index (χ1) is 12.1. The first-order valence-corrected chi connectivity index (χ1v) is 8.00. The molecule has 0 spiro atoms. The van der Waals surface area contributed by atoms with Crippen molar-refractivity contribution in [1.29, 1.82) is 0 Å². The summed E-state index contributed by atoms with van der Waals surface area (Å²) in [5.41, 5.74) is 3.20. The molecule has 0 radical (unpaired) electrons. The maximum Gasteiger partial charge on any atom is 0.334 e. The predicted molar refractivity (Wildman–Crippen MR) is 94.7 cm³/mol. The van der Waals surface area contributed by atoms with E-state index in [2.05, 4.69) is 16.5 Å². The Morgan fingerprint density at radius 2 is 1.48 bits per heavy atom. The minimum Gasteiger partial charge on any atom is -0.441 e. The fraction of sp³-hybridized carbons (Fsp3) is 0.0952. The molecule has 0 atom stereocenters. The summed E-state index contributed by atoms with van der Waals surface area (Å²) in [7, 11) is 0. The molecular formula is C21H16N2O2. The summed E-state index contributed by atoms with van der Waals surface area (Å²) in [5, 5.41) is 0. The van der Waals surface area contributed by atoms with Crippen molar-refractivity contribution in [2.24, 2.45) is 0 Å². The number of carbonyl (C=O) groups excluding carboxylic acids is 1. The fourth-order valence-corrected chi connectivity index (χ4v) is 3.28. The molecular weight excluding hydrogens is 312 g/mol. The van der Waals surface area contributed by atoms with Gasteiger partial charge in [-0.1, -0.05) is 49.0 Å². The Morgan fingerprint density at radius 3 is 2.00 bits per heavy atom. The number of ether oxygens (including phenoxy) is 1. The number of aromatic nitrogens is 2. The Bertz CT molecular complexity index is 934. The van der Waals surface area contributed by atoms with E-state index in [0.717, 1.165) is 28.1 Å². The highest BCUT2D eigenvalue weighted by Gasteiger charge is 2.49. The lowest BCUT2D eigenvalue weighted by atomic mass is 9.84. The monoisotopic (exact) mass is 328 g/mol. The van der Waals surface area contributed by atoms with Crippen LogP contribution in [0.4, 0.5) is 0 Å². The van der Waals surface area contributed by atoms with E-state index in [4.69, 9.17) is 4.74 Å². The van der Waals surface area contributed by atoms with Crippen molar-refractivity contribution in [3.8, 4) is 11.4 Å². The third kappa shape index (κ3) is 2.18. The molecule has 25 heavy (non-hydrogen) atoms. The normalized spacial score (nSPS) is 13.6. The predicted octanol–water partition coefficient (Wildman–Crippen LogP) is 3.87. The zero-order valence-electron chi connectivity index (χ0n) is 13.8. The molecule has 0 N–H and O–H groups in total. The minimum absolute atomic E-state index is 0.345. The van der Waals surface area contributed by atoms with Gasteiger partial charge in [-0.2, -0.15) is 0 Å². The van der Waals surface area contributed by atoms with Crippen molar-refractivity contribution in [3.05, 3.63) is 95.8 Å². The van der Waals surface area contributed by atoms with Gasteiger partial charge in [0.05, 0.1) is 11.4 Å². The van der Waals surface area contributed by atoms with Crippen molar-refractivity contribution in [2.75, 3.05) is 0 Å². The molecule has 0 saturated heterocycles. The van der Waals surface area contributed by atoms with Crippen molar-refractivity contribution in [2.45, 2.75) is 12.5 Å². The lowest BCUT2D eigenvalue weighted by molar-refractivity contribution is -0.148. The van der Waals surface area contributed by atoms with Gasteiger partial charge in [-0.3, -0.25) is 9.97 Å². The zero-order chi connectivity index (χ0) is 17.4. The summed E-state index contributed by atoms with van der Waals surface area (Å²) in [4.78, 5) is 21.5. The Labute approximate surface area is 145 Å². The smallest absolute Gasteiger partial charge is 0.334 e. The number of rotatable bonds is 3. The van der Waals surface area contributed by atoms with Crippen LogP contribution in [0.3, 0.4) is 0 Å². The third-order valence-electron chi connectivity index (χ3n) is 4.37. The van der Waals surface area contributed by atoms with Crippen LogP contribution in [0.25, 0.3) is 11.4 Å². The molecule has 0 saturated carbocycles. The largest absolute Gasteiger partial charge is 0.441 e. The summed E-state index contributed by atoms with van der Waals surface area (Å²) in [6.07, 6.45) is 3.44. The van der Waals surface area contributed by atoms with Gasteiger partial charge < -0.3 is 4.74 Å². The summed E-state index contributed by atoms with van der Waals surface area (Å²) >= 11 is 0. The number of benzene rings is 1. The molecule has 1 aliphatic rings. The number of fused-ring (bicyclic) bond motifs is 3. The van der Waals surface area contributed by atoms with E-state index in [1.54, 1.807) is 19.3 Å². The van der Waals surface area contributed by atoms with Gasteiger partial charge in [-0.15, -0.1) is 0 Å². The van der Waals surface area contributed by atoms with E-state index < -0.39 is 11.6 Å². The minimum atomic E-state index is -1.08. The lowest BCUT2D eigenvalue weighted by Gasteiger charge is -2.31. The van der Waals surface area contributed by atoms with Crippen LogP contribution in [0.5, 0.6) is 0 Å². The first kappa shape index (κ1) is 15.3. The van der Waals surface area contributed by atoms with Crippen molar-refractivity contribution in [3.63, 3.8) is 0 Å². The Morgan fingerprint density at radius 1 is 0.920 bits per heavy atom. The highest BCUT2D eigenvalue weighted by atomic mass is 16.6. The van der Waals surface area contributed by atoms with Crippen LogP contribution in [0.15, 0.2) is 79.1 Å². The number of hydrogen-bond acceptors (Lipinski definition) is 4. The molecule has 3 aromatic rings. The highest BCUT2D eigenvalue weighted by Crippen LogP contribution is 2.51. The summed E-state index contributed by atoms with van der Waals surface area (Å²) in [5.74, 6) is -0.449. The van der Waals surface area contributed by atoms with Crippen molar-refractivity contribution < 1.29 is 9.53 Å². The summed E-state index contributed by atoms with van der Waals surface area (Å²) in [6.45, 7) is 5.37. The van der Waals surface area contributed by atoms with Crippen LogP contribution in [0.1, 0.15) is 23.6 Å². The second-order valence-electron chi connectivity index (χ2n) is 6.02. The Kier molecular flexibility index (Phi) is 3.46. The molecule has 2 heterocycles. The van der Waals surface area contributed by atoms with Gasteiger partial charge in [-0.25, -0.2) is 4.79 Å². The summed E-state index contributed by atoms with van der Waals surface area (Å²) < 4.78 is 6.08. The van der Waals surface area contributed by atoms with E-state index in [0.29, 0.717) is 5.57 Å². The van der Waals surface area contributed by atoms with E-state index in [1.807, 2.05) is 54.6 Å². The molecule has 4 nitrogen and oxygen atoms in total. The Balaban J connectivity index is 2.07. The number of hydrogen-bond donors (Lipinski definition) is 0. The Hall–Kier alpha value is -3.27. The van der Waals surface area contributed by atoms with Gasteiger partial charge in [0.15, 0.2) is 5.60 Å². The molecule has 0 fully saturated rings. The SMILES string of the molecule is C=C(C)C(=O)OC1(c2ccccc2)c2cccnc2-c2ncccc21. The van der Waals surface area contributed by atoms with Gasteiger partial charge in [0.2, 0.25) is 0 Å². The molecule has 1 aromatic carbocycles. The highest BCUT2D eigenvalue weighted by molar-refractivity contribution is 5.89. The molecule has 4 rings (SSSR count). The number of nitrogens with zero attached hydrogens (tertiary/aromatic N) is 2. The quantitative estimate of drug-likeness (QED) is 0.541. The van der Waals surface area contributed by atoms with Gasteiger partial charge >= 0.3 is 5.97 Å². The van der Waals surface area contributed by atoms with Crippen molar-refractivity contribution in [1.82, 2.24) is 9.97 Å². The molecule has 4 heteroatoms. The second kappa shape index (κ2) is 5.67. The van der Waals surface area contributed by atoms with Crippen LogP contribution in [0.2, 0.25) is 0 Å². The van der Waals surface area contributed by atoms with Crippen LogP contribution < -0.4 is 0 Å². The molecule has 0 unspecified atom stereocenters. The standard InChI is InChI=1S/C21H16N2O2/c1-14(2)20(24)25-21(15-8-4-3-5-9-15)16-10-6-12-22-18(16)19-17(21)11-7-13-23-19/h3-13H,1H2,2H3. The van der Waals surface area contributed by atoms with Gasteiger partial charge in [0.1, 0.15) is 0 Å². The van der Waals surface area contributed by atoms with Gasteiger partial charge in [0.25, 0.3) is 0 Å². The zero-order valence-corrected chi connectivity index (χ0v) is 13.8. The average Bonchev–Trinajstić information content (AvgIpc) is 2.94. The van der Waals surface area contributed by atoms with E-state index in [1.165, 1.54) is 0 Å². The second-order valence-corrected chi connectivity index (χ2v) is 6.02. The van der Waals surface area contributed by atoms with E-state index in [9.17, 15) is 4.79 Å². The maximum absolute atomic E-state index is 12.5. The average molecular weight is 328 g/mol. The third-order valence-corrected chi connectivity index (χ3v) is 4.37. The molecule has 0 bridgehead atoms. The van der Waals surface area contributed by atoms with Crippen molar-refractivity contribution >= 4 is 5.97 Å². The van der Waals surface area contributed by atoms with Gasteiger partial charge in [0, 0.05) is 34.7 Å². The van der Waals surface area contributed by atoms with Gasteiger partial charge in [-0.05, 0) is 19.1 Å². The number of esters is 1. The van der Waals surface area contributed by atoms with Crippen LogP contribution >= 0.6 is 0 Å². The lowest BCUT2D eigenvalue weighted by Crippen LogP contribution is -2.33. The molecule has 0 amide bonds. The number of carbonyl (C=O) groups is 1. The first-order valence-electron chi connectivity index (χ1n) is 8.00. The van der Waals surface area contributed by atoms with Crippen LogP contribution in [0, 0.1) is 0 Å². The molecule has 122 valence electrons. The molecule has 0 aliphatic heterocycles. The fourth-order valence-electron chi connectivity index (χ4n) is 3.28. The number of pyridine rings is 2. The topological polar surface area (TPSA) is 52.1 Å². The molecule has 2 aromatic heterocycles. The van der Waals surface area contributed by atoms with E-state index in [-0.39, 0.29) is 0 Å².